The van der Waals surface area contributed by atoms with Gasteiger partial charge in [0.2, 0.25) is 5.56 Å². The van der Waals surface area contributed by atoms with Crippen LogP contribution in [0, 0.1) is 5.92 Å². The number of Topliss-reactive ketones (excluding diaryl/α,β-unsaturated/α-hetero) is 1. The van der Waals surface area contributed by atoms with E-state index in [9.17, 15) is 14.7 Å². The van der Waals surface area contributed by atoms with Gasteiger partial charge in [-0.1, -0.05) is 24.3 Å². The van der Waals surface area contributed by atoms with Crippen molar-refractivity contribution in [3.8, 4) is 0 Å². The van der Waals surface area contributed by atoms with Crippen LogP contribution in [0.3, 0.4) is 0 Å². The zero-order valence-corrected chi connectivity index (χ0v) is 14.7. The van der Waals surface area contributed by atoms with Gasteiger partial charge < -0.3 is 10.1 Å². The van der Waals surface area contributed by atoms with Gasteiger partial charge in [-0.05, 0) is 49.5 Å². The number of piperidine rings is 1. The van der Waals surface area contributed by atoms with Crippen molar-refractivity contribution < 1.29 is 9.90 Å². The lowest BCUT2D eigenvalue weighted by atomic mass is 9.83. The molecule has 0 saturated carbocycles. The van der Waals surface area contributed by atoms with Crippen LogP contribution in [-0.2, 0) is 12.8 Å². The van der Waals surface area contributed by atoms with E-state index >= 15 is 0 Å². The molecule has 2 aliphatic rings. The summed E-state index contributed by atoms with van der Waals surface area (Å²) in [5.41, 5.74) is 2.96. The van der Waals surface area contributed by atoms with E-state index in [4.69, 9.17) is 0 Å². The summed E-state index contributed by atoms with van der Waals surface area (Å²) in [6.45, 7) is 1.65. The average Bonchev–Trinajstić information content (AvgIpc) is 2.68. The molecule has 1 aliphatic heterocycles. The van der Waals surface area contributed by atoms with E-state index < -0.39 is 0 Å². The number of H-pyrrole nitrogens is 1. The van der Waals surface area contributed by atoms with E-state index in [0.29, 0.717) is 12.0 Å². The molecule has 0 amide bonds. The third-order valence-electron chi connectivity index (χ3n) is 5.86. The highest BCUT2D eigenvalue weighted by Gasteiger charge is 2.35. The van der Waals surface area contributed by atoms with Crippen LogP contribution in [0.1, 0.15) is 34.3 Å². The van der Waals surface area contributed by atoms with E-state index in [1.165, 1.54) is 23.4 Å². The summed E-state index contributed by atoms with van der Waals surface area (Å²) in [6, 6.07) is 11.5. The van der Waals surface area contributed by atoms with Crippen LogP contribution in [0.25, 0.3) is 0 Å². The van der Waals surface area contributed by atoms with Crippen molar-refractivity contribution in [2.24, 2.45) is 5.92 Å². The van der Waals surface area contributed by atoms with Crippen LogP contribution in [-0.4, -0.2) is 46.0 Å². The number of aliphatic hydroxyl groups is 1. The van der Waals surface area contributed by atoms with Crippen LogP contribution >= 0.6 is 0 Å². The van der Waals surface area contributed by atoms with Crippen LogP contribution in [0.5, 0.6) is 0 Å². The predicted octanol–water partition coefficient (Wildman–Crippen LogP) is 1.80. The quantitative estimate of drug-likeness (QED) is 0.826. The van der Waals surface area contributed by atoms with Gasteiger partial charge in [0.25, 0.3) is 0 Å². The van der Waals surface area contributed by atoms with E-state index in [1.807, 2.05) is 6.07 Å². The molecule has 0 unspecified atom stereocenters. The second-order valence-electron chi connectivity index (χ2n) is 7.43. The summed E-state index contributed by atoms with van der Waals surface area (Å²) in [7, 11) is 0. The monoisotopic (exact) mass is 352 g/mol. The number of ketones is 1. The van der Waals surface area contributed by atoms with Gasteiger partial charge in [0.05, 0.1) is 6.10 Å². The van der Waals surface area contributed by atoms with E-state index in [2.05, 4.69) is 28.1 Å². The number of aliphatic hydroxyl groups excluding tert-OH is 1. The number of aromatic amines is 1. The first-order chi connectivity index (χ1) is 12.6. The van der Waals surface area contributed by atoms with Gasteiger partial charge >= 0.3 is 0 Å². The Morgan fingerprint density at radius 3 is 2.38 bits per heavy atom. The number of rotatable bonds is 3. The standard InChI is InChI=1S/C21H24N2O3/c24-19-12-16-4-2-1-3-15(16)11-18(19)23-9-7-14(8-10-23)21(26)17-5-6-20(25)22-13-17/h1-6,13-14,18-19,24H,7-12H2,(H,22,25)/t18-,19-/m0/s1. The molecule has 2 heterocycles. The SMILES string of the molecule is O=C(c1ccc(=O)[nH]c1)C1CCN([C@H]2Cc3ccccc3C[C@@H]2O)CC1. The average molecular weight is 352 g/mol. The molecule has 2 atom stereocenters. The number of nitrogens with one attached hydrogen (secondary N) is 1. The molecule has 0 spiro atoms. The molecule has 0 radical (unpaired) electrons. The van der Waals surface area contributed by atoms with Crippen molar-refractivity contribution in [1.29, 1.82) is 0 Å². The minimum Gasteiger partial charge on any atom is -0.391 e. The molecule has 0 bridgehead atoms. The summed E-state index contributed by atoms with van der Waals surface area (Å²) in [6.07, 6.45) is 4.33. The van der Waals surface area contributed by atoms with Gasteiger partial charge in [0, 0.05) is 36.2 Å². The zero-order valence-electron chi connectivity index (χ0n) is 14.7. The predicted molar refractivity (Wildman–Crippen MR) is 99.3 cm³/mol. The van der Waals surface area contributed by atoms with Crippen LogP contribution in [0.4, 0.5) is 0 Å². The third kappa shape index (κ3) is 3.37. The Morgan fingerprint density at radius 1 is 1.04 bits per heavy atom. The Bertz CT molecular complexity index is 832. The number of fused-ring (bicyclic) bond motifs is 1. The molecule has 1 saturated heterocycles. The molecular weight excluding hydrogens is 328 g/mol. The van der Waals surface area contributed by atoms with Crippen molar-refractivity contribution in [2.45, 2.75) is 37.8 Å². The molecular formula is C21H24N2O3. The molecule has 5 nitrogen and oxygen atoms in total. The van der Waals surface area contributed by atoms with Crippen molar-refractivity contribution in [2.75, 3.05) is 13.1 Å². The zero-order chi connectivity index (χ0) is 18.1. The summed E-state index contributed by atoms with van der Waals surface area (Å²) in [5, 5.41) is 10.6. The summed E-state index contributed by atoms with van der Waals surface area (Å²) in [4.78, 5) is 28.7. The molecule has 1 fully saturated rings. The summed E-state index contributed by atoms with van der Waals surface area (Å²) < 4.78 is 0. The van der Waals surface area contributed by atoms with Gasteiger partial charge in [0.15, 0.2) is 5.78 Å². The third-order valence-corrected chi connectivity index (χ3v) is 5.86. The van der Waals surface area contributed by atoms with Crippen molar-refractivity contribution >= 4 is 5.78 Å². The van der Waals surface area contributed by atoms with Gasteiger partial charge in [0.1, 0.15) is 0 Å². The number of hydrogen-bond donors (Lipinski definition) is 2. The number of carbonyl (C=O) groups excluding carboxylic acids is 1. The lowest BCUT2D eigenvalue weighted by Gasteiger charge is -2.41. The van der Waals surface area contributed by atoms with Crippen molar-refractivity contribution in [3.63, 3.8) is 0 Å². The molecule has 5 heteroatoms. The second-order valence-corrected chi connectivity index (χ2v) is 7.43. The van der Waals surface area contributed by atoms with Gasteiger partial charge in [-0.3, -0.25) is 14.5 Å². The number of carbonyl (C=O) groups is 1. The Kier molecular flexibility index (Phi) is 4.74. The van der Waals surface area contributed by atoms with E-state index in [0.717, 1.165) is 32.4 Å². The number of likely N-dealkylation sites (tertiary alicyclic amines) is 1. The smallest absolute Gasteiger partial charge is 0.247 e. The molecule has 26 heavy (non-hydrogen) atoms. The number of aromatic nitrogens is 1. The Hall–Kier alpha value is -2.24. The highest BCUT2D eigenvalue weighted by molar-refractivity contribution is 5.97. The first kappa shape index (κ1) is 17.2. The minimum absolute atomic E-state index is 0.00910. The molecule has 136 valence electrons. The maximum atomic E-state index is 12.6. The van der Waals surface area contributed by atoms with Gasteiger partial charge in [-0.15, -0.1) is 0 Å². The second kappa shape index (κ2) is 7.17. The molecule has 1 aromatic carbocycles. The highest BCUT2D eigenvalue weighted by Crippen LogP contribution is 2.29. The molecule has 1 aliphatic carbocycles. The lowest BCUT2D eigenvalue weighted by Crippen LogP contribution is -2.51. The summed E-state index contributed by atoms with van der Waals surface area (Å²) >= 11 is 0. The van der Waals surface area contributed by atoms with Crippen LogP contribution in [0.2, 0.25) is 0 Å². The van der Waals surface area contributed by atoms with E-state index in [-0.39, 0.29) is 29.4 Å². The normalized spacial score (nSPS) is 24.2. The Balaban J connectivity index is 1.40. The Labute approximate surface area is 152 Å². The Morgan fingerprint density at radius 2 is 1.73 bits per heavy atom. The number of benzene rings is 1. The first-order valence-corrected chi connectivity index (χ1v) is 9.33. The largest absolute Gasteiger partial charge is 0.391 e. The maximum absolute atomic E-state index is 12.6. The molecule has 4 rings (SSSR count). The first-order valence-electron chi connectivity index (χ1n) is 9.33. The lowest BCUT2D eigenvalue weighted by molar-refractivity contribution is 0.0239. The molecule has 2 N–H and O–H groups in total. The fraction of sp³-hybridized carbons (Fsp3) is 0.429. The number of pyridine rings is 1. The minimum atomic E-state index is -0.351. The van der Waals surface area contributed by atoms with Crippen LogP contribution in [0.15, 0.2) is 47.4 Å². The summed E-state index contributed by atoms with van der Waals surface area (Å²) in [5.74, 6) is 0.0978. The topological polar surface area (TPSA) is 73.4 Å². The van der Waals surface area contributed by atoms with Crippen molar-refractivity contribution in [1.82, 2.24) is 9.88 Å². The highest BCUT2D eigenvalue weighted by atomic mass is 16.3. The van der Waals surface area contributed by atoms with Gasteiger partial charge in [-0.25, -0.2) is 0 Å². The number of nitrogens with zero attached hydrogens (tertiary/aromatic N) is 1. The fourth-order valence-corrected chi connectivity index (χ4v) is 4.34. The maximum Gasteiger partial charge on any atom is 0.247 e. The fourth-order valence-electron chi connectivity index (χ4n) is 4.34. The van der Waals surface area contributed by atoms with Crippen molar-refractivity contribution in [3.05, 3.63) is 69.6 Å². The molecule has 2 aromatic rings. The van der Waals surface area contributed by atoms with Gasteiger partial charge in [-0.2, -0.15) is 0 Å². The number of hydrogen-bond acceptors (Lipinski definition) is 4. The molecule has 1 aromatic heterocycles. The van der Waals surface area contributed by atoms with E-state index in [1.54, 1.807) is 6.07 Å². The van der Waals surface area contributed by atoms with Crippen LogP contribution < -0.4 is 5.56 Å².